The van der Waals surface area contributed by atoms with E-state index in [1.54, 1.807) is 31.2 Å². The Morgan fingerprint density at radius 1 is 1.32 bits per heavy atom. The van der Waals surface area contributed by atoms with Crippen LogP contribution < -0.4 is 5.32 Å². The lowest BCUT2D eigenvalue weighted by Crippen LogP contribution is -2.05. The van der Waals surface area contributed by atoms with Crippen LogP contribution in [0.15, 0.2) is 36.4 Å². The van der Waals surface area contributed by atoms with Crippen molar-refractivity contribution in [1.29, 1.82) is 0 Å². The first-order valence-electron chi connectivity index (χ1n) is 5.67. The first-order chi connectivity index (χ1) is 9.08. The number of nitrogens with zero attached hydrogens (tertiary/aromatic N) is 2. The molecular weight excluding hydrogens is 249 g/mol. The average molecular weight is 261 g/mol. The number of pyridine rings is 1. The van der Waals surface area contributed by atoms with Gasteiger partial charge in [-0.25, -0.2) is 4.98 Å². The fourth-order valence-corrected chi connectivity index (χ4v) is 1.75. The monoisotopic (exact) mass is 261 g/mol. The van der Waals surface area contributed by atoms with E-state index in [1.165, 1.54) is 12.1 Å². The Balaban J connectivity index is 2.16. The van der Waals surface area contributed by atoms with Gasteiger partial charge in [-0.3, -0.25) is 10.1 Å². The number of nitrogens with one attached hydrogen (secondary N) is 1. The lowest BCUT2D eigenvalue weighted by Gasteiger charge is -2.08. The summed E-state index contributed by atoms with van der Waals surface area (Å²) in [4.78, 5) is 14.1. The molecule has 19 heavy (non-hydrogen) atoms. The summed E-state index contributed by atoms with van der Waals surface area (Å²) < 4.78 is 12.9. The molecule has 0 radical (unpaired) electrons. The van der Waals surface area contributed by atoms with Gasteiger partial charge in [-0.15, -0.1) is 0 Å². The fourth-order valence-electron chi connectivity index (χ4n) is 1.75. The molecule has 0 saturated carbocycles. The number of aromatic nitrogens is 1. The molecule has 1 aromatic heterocycles. The summed E-state index contributed by atoms with van der Waals surface area (Å²) >= 11 is 0. The third kappa shape index (κ3) is 3.04. The first-order valence-corrected chi connectivity index (χ1v) is 5.67. The van der Waals surface area contributed by atoms with Gasteiger partial charge in [0, 0.05) is 18.2 Å². The van der Waals surface area contributed by atoms with E-state index in [-0.39, 0.29) is 5.69 Å². The largest absolute Gasteiger partial charge is 0.366 e. The van der Waals surface area contributed by atoms with Gasteiger partial charge in [0.2, 0.25) is 5.95 Å². The summed E-state index contributed by atoms with van der Waals surface area (Å²) in [6.45, 7) is 2.04. The number of nitro benzene ring substituents is 1. The van der Waals surface area contributed by atoms with Crippen LogP contribution in [0, 0.1) is 23.0 Å². The molecule has 0 saturated heterocycles. The van der Waals surface area contributed by atoms with Gasteiger partial charge >= 0.3 is 0 Å². The Kier molecular flexibility index (Phi) is 3.70. The normalized spacial score (nSPS) is 10.2. The number of hydrogen-bond acceptors (Lipinski definition) is 4. The summed E-state index contributed by atoms with van der Waals surface area (Å²) in [5.74, 6) is -0.174. The lowest BCUT2D eigenvalue weighted by atomic mass is 10.1. The fraction of sp³-hybridized carbons (Fsp3) is 0.154. The number of nitro groups is 1. The van der Waals surface area contributed by atoms with Crippen LogP contribution >= 0.6 is 0 Å². The molecule has 0 unspecified atom stereocenters. The molecule has 1 heterocycles. The van der Waals surface area contributed by atoms with Gasteiger partial charge in [0.15, 0.2) is 0 Å². The topological polar surface area (TPSA) is 68.1 Å². The quantitative estimate of drug-likeness (QED) is 0.521. The molecule has 0 aliphatic carbocycles. The van der Waals surface area contributed by atoms with E-state index in [2.05, 4.69) is 10.3 Å². The summed E-state index contributed by atoms with van der Waals surface area (Å²) in [5, 5.41) is 13.8. The SMILES string of the molecule is Cc1c(CNc2cccc(F)n2)cccc1[N+](=O)[O-]. The third-order valence-corrected chi connectivity index (χ3v) is 2.79. The Bertz CT molecular complexity index is 617. The van der Waals surface area contributed by atoms with Crippen LogP contribution in [0.2, 0.25) is 0 Å². The number of benzene rings is 1. The molecule has 0 atom stereocenters. The molecule has 6 heteroatoms. The van der Waals surface area contributed by atoms with Gasteiger partial charge in [0.25, 0.3) is 5.69 Å². The van der Waals surface area contributed by atoms with Crippen molar-refractivity contribution in [2.75, 3.05) is 5.32 Å². The average Bonchev–Trinajstić information content (AvgIpc) is 2.37. The predicted molar refractivity (Wildman–Crippen MR) is 69.4 cm³/mol. The summed E-state index contributed by atoms with van der Waals surface area (Å²) in [6.07, 6.45) is 0. The molecule has 0 amide bonds. The van der Waals surface area contributed by atoms with Crippen LogP contribution in [0.25, 0.3) is 0 Å². The minimum atomic E-state index is -0.569. The number of anilines is 1. The van der Waals surface area contributed by atoms with Crippen LogP contribution in [0.3, 0.4) is 0 Å². The highest BCUT2D eigenvalue weighted by Crippen LogP contribution is 2.21. The summed E-state index contributed by atoms with van der Waals surface area (Å²) in [5.41, 5.74) is 1.45. The smallest absolute Gasteiger partial charge is 0.272 e. The van der Waals surface area contributed by atoms with E-state index in [4.69, 9.17) is 0 Å². The van der Waals surface area contributed by atoms with Crippen molar-refractivity contribution in [2.45, 2.75) is 13.5 Å². The van der Waals surface area contributed by atoms with Gasteiger partial charge in [0.05, 0.1) is 4.92 Å². The van der Waals surface area contributed by atoms with Crippen molar-refractivity contribution < 1.29 is 9.31 Å². The predicted octanol–water partition coefficient (Wildman–Crippen LogP) is 3.05. The van der Waals surface area contributed by atoms with Gasteiger partial charge in [0.1, 0.15) is 5.82 Å². The van der Waals surface area contributed by atoms with E-state index in [0.29, 0.717) is 17.9 Å². The Hall–Kier alpha value is -2.50. The molecule has 2 aromatic rings. The molecule has 2 rings (SSSR count). The van der Waals surface area contributed by atoms with Crippen LogP contribution in [-0.2, 0) is 6.54 Å². The first kappa shape index (κ1) is 12.9. The Morgan fingerprint density at radius 3 is 2.74 bits per heavy atom. The zero-order valence-electron chi connectivity index (χ0n) is 10.3. The molecule has 0 aliphatic heterocycles. The van der Waals surface area contributed by atoms with Gasteiger partial charge in [-0.2, -0.15) is 4.39 Å². The molecule has 98 valence electrons. The van der Waals surface area contributed by atoms with Crippen LogP contribution in [-0.4, -0.2) is 9.91 Å². The maximum atomic E-state index is 12.9. The van der Waals surface area contributed by atoms with E-state index in [0.717, 1.165) is 5.56 Å². The zero-order chi connectivity index (χ0) is 13.8. The molecule has 0 fully saturated rings. The second-order valence-corrected chi connectivity index (χ2v) is 4.02. The summed E-state index contributed by atoms with van der Waals surface area (Å²) in [6, 6.07) is 9.31. The standard InChI is InChI=1S/C13H12FN3O2/c1-9-10(4-2-5-11(9)17(18)19)8-15-13-7-3-6-12(14)16-13/h2-7H,8H2,1H3,(H,15,16). The molecule has 1 aromatic carbocycles. The van der Waals surface area contributed by atoms with Crippen molar-refractivity contribution in [1.82, 2.24) is 4.98 Å². The van der Waals surface area contributed by atoms with Crippen LogP contribution in [0.5, 0.6) is 0 Å². The van der Waals surface area contributed by atoms with Gasteiger partial charge < -0.3 is 5.32 Å². The van der Waals surface area contributed by atoms with Crippen molar-refractivity contribution in [3.8, 4) is 0 Å². The Morgan fingerprint density at radius 2 is 2.05 bits per heavy atom. The van der Waals surface area contributed by atoms with E-state index < -0.39 is 10.9 Å². The Labute approximate surface area is 109 Å². The minimum absolute atomic E-state index is 0.0755. The van der Waals surface area contributed by atoms with Crippen molar-refractivity contribution in [3.63, 3.8) is 0 Å². The highest BCUT2D eigenvalue weighted by molar-refractivity contribution is 5.46. The maximum absolute atomic E-state index is 12.9. The van der Waals surface area contributed by atoms with Gasteiger partial charge in [-0.05, 0) is 24.6 Å². The van der Waals surface area contributed by atoms with Crippen molar-refractivity contribution in [3.05, 3.63) is 63.6 Å². The summed E-state index contributed by atoms with van der Waals surface area (Å²) in [7, 11) is 0. The number of hydrogen-bond donors (Lipinski definition) is 1. The van der Waals surface area contributed by atoms with E-state index >= 15 is 0 Å². The second kappa shape index (κ2) is 5.43. The number of rotatable bonds is 4. The maximum Gasteiger partial charge on any atom is 0.272 e. The van der Waals surface area contributed by atoms with E-state index in [1.807, 2.05) is 0 Å². The van der Waals surface area contributed by atoms with Crippen LogP contribution in [0.1, 0.15) is 11.1 Å². The van der Waals surface area contributed by atoms with Crippen molar-refractivity contribution >= 4 is 11.5 Å². The lowest BCUT2D eigenvalue weighted by molar-refractivity contribution is -0.385. The molecule has 0 bridgehead atoms. The third-order valence-electron chi connectivity index (χ3n) is 2.79. The van der Waals surface area contributed by atoms with Gasteiger partial charge in [-0.1, -0.05) is 18.2 Å². The van der Waals surface area contributed by atoms with Crippen molar-refractivity contribution in [2.24, 2.45) is 0 Å². The highest BCUT2D eigenvalue weighted by atomic mass is 19.1. The van der Waals surface area contributed by atoms with Crippen LogP contribution in [0.4, 0.5) is 15.9 Å². The van der Waals surface area contributed by atoms with E-state index in [9.17, 15) is 14.5 Å². The molecule has 1 N–H and O–H groups in total. The number of halogens is 1. The molecule has 0 spiro atoms. The molecule has 5 nitrogen and oxygen atoms in total. The molecule has 0 aliphatic rings. The highest BCUT2D eigenvalue weighted by Gasteiger charge is 2.12. The molecular formula is C13H12FN3O2. The minimum Gasteiger partial charge on any atom is -0.366 e. The second-order valence-electron chi connectivity index (χ2n) is 4.02. The zero-order valence-corrected chi connectivity index (χ0v) is 10.3.